The molecule has 0 aromatic heterocycles. The Morgan fingerprint density at radius 3 is 2.26 bits per heavy atom. The van der Waals surface area contributed by atoms with Crippen molar-refractivity contribution in [3.05, 3.63) is 54.1 Å². The predicted molar refractivity (Wildman–Crippen MR) is 106 cm³/mol. The third-order valence-electron chi connectivity index (χ3n) is 4.91. The van der Waals surface area contributed by atoms with E-state index in [1.807, 2.05) is 47.4 Å². The Kier molecular flexibility index (Phi) is 6.12. The van der Waals surface area contributed by atoms with E-state index in [1.165, 1.54) is 12.8 Å². The maximum Gasteiger partial charge on any atom is 0.258 e. The summed E-state index contributed by atoms with van der Waals surface area (Å²) in [5, 5.41) is 0. The summed E-state index contributed by atoms with van der Waals surface area (Å²) in [7, 11) is 0. The van der Waals surface area contributed by atoms with Gasteiger partial charge >= 0.3 is 0 Å². The Morgan fingerprint density at radius 1 is 0.963 bits per heavy atom. The number of nitrogens with two attached hydrogens (primary N) is 1. The summed E-state index contributed by atoms with van der Waals surface area (Å²) in [5.74, 6) is 0.191. The van der Waals surface area contributed by atoms with Gasteiger partial charge in [0.1, 0.15) is 5.75 Å². The van der Waals surface area contributed by atoms with Crippen LogP contribution >= 0.6 is 0 Å². The maximum absolute atomic E-state index is 12.7. The molecule has 5 nitrogen and oxygen atoms in total. The average molecular weight is 366 g/mol. The highest BCUT2D eigenvalue weighted by atomic mass is 16.5. The number of primary amides is 1. The molecule has 3 rings (SSSR count). The summed E-state index contributed by atoms with van der Waals surface area (Å²) >= 11 is 0. The number of likely N-dealkylation sites (tertiary alicyclic amines) is 1. The third-order valence-corrected chi connectivity index (χ3v) is 4.91. The lowest BCUT2D eigenvalue weighted by molar-refractivity contribution is -0.123. The van der Waals surface area contributed by atoms with Crippen LogP contribution in [0.1, 0.15) is 43.0 Å². The van der Waals surface area contributed by atoms with Crippen LogP contribution in [0, 0.1) is 0 Å². The molecule has 2 aromatic rings. The van der Waals surface area contributed by atoms with E-state index in [4.69, 9.17) is 10.5 Å². The fourth-order valence-electron chi connectivity index (χ4n) is 3.27. The standard InChI is InChI=1S/C22H26N2O3/c1-16(21(23)25)27-20-8-6-7-19(15-20)17-9-11-18(12-10-17)22(26)24-13-4-2-3-5-14-24/h6-12,15-16H,2-5,13-14H2,1H3,(H2,23,25)/t16-/m0/s1. The van der Waals surface area contributed by atoms with Crippen LogP contribution in [0.3, 0.4) is 0 Å². The first kappa shape index (κ1) is 19.0. The molecule has 0 saturated carbocycles. The topological polar surface area (TPSA) is 72.6 Å². The van der Waals surface area contributed by atoms with Crippen molar-refractivity contribution in [2.24, 2.45) is 5.73 Å². The van der Waals surface area contributed by atoms with Crippen LogP contribution in [-0.4, -0.2) is 35.9 Å². The molecular weight excluding hydrogens is 340 g/mol. The van der Waals surface area contributed by atoms with E-state index in [0.29, 0.717) is 5.75 Å². The summed E-state index contributed by atoms with van der Waals surface area (Å²) in [5.41, 5.74) is 7.91. The molecule has 2 amide bonds. The minimum Gasteiger partial charge on any atom is -0.481 e. The highest BCUT2D eigenvalue weighted by molar-refractivity contribution is 5.94. The first-order chi connectivity index (χ1) is 13.0. The van der Waals surface area contributed by atoms with Crippen LogP contribution in [0.25, 0.3) is 11.1 Å². The van der Waals surface area contributed by atoms with Crippen molar-refractivity contribution in [3.63, 3.8) is 0 Å². The highest BCUT2D eigenvalue weighted by Gasteiger charge is 2.17. The molecule has 2 aromatic carbocycles. The van der Waals surface area contributed by atoms with E-state index in [-0.39, 0.29) is 5.91 Å². The second kappa shape index (κ2) is 8.71. The largest absolute Gasteiger partial charge is 0.481 e. The first-order valence-corrected chi connectivity index (χ1v) is 9.50. The number of carbonyl (C=O) groups excluding carboxylic acids is 2. The summed E-state index contributed by atoms with van der Waals surface area (Å²) in [6.45, 7) is 3.31. The zero-order valence-corrected chi connectivity index (χ0v) is 15.7. The van der Waals surface area contributed by atoms with Gasteiger partial charge in [-0.25, -0.2) is 0 Å². The molecule has 1 atom stereocenters. The molecule has 0 unspecified atom stereocenters. The third kappa shape index (κ3) is 4.88. The van der Waals surface area contributed by atoms with Crippen molar-refractivity contribution in [2.75, 3.05) is 13.1 Å². The zero-order chi connectivity index (χ0) is 19.2. The van der Waals surface area contributed by atoms with Crippen molar-refractivity contribution in [1.29, 1.82) is 0 Å². The van der Waals surface area contributed by atoms with E-state index < -0.39 is 12.0 Å². The van der Waals surface area contributed by atoms with Gasteiger partial charge in [-0.05, 0) is 55.2 Å². The zero-order valence-electron chi connectivity index (χ0n) is 15.7. The van der Waals surface area contributed by atoms with Crippen LogP contribution in [0.15, 0.2) is 48.5 Å². The Morgan fingerprint density at radius 2 is 1.63 bits per heavy atom. The lowest BCUT2D eigenvalue weighted by atomic mass is 10.0. The van der Waals surface area contributed by atoms with Gasteiger partial charge in [0.05, 0.1) is 0 Å². The lowest BCUT2D eigenvalue weighted by Crippen LogP contribution is -2.31. The SMILES string of the molecule is C[C@H](Oc1cccc(-c2ccc(C(=O)N3CCCCCC3)cc2)c1)C(N)=O. The number of rotatable bonds is 5. The van der Waals surface area contributed by atoms with Crippen molar-refractivity contribution >= 4 is 11.8 Å². The van der Waals surface area contributed by atoms with Gasteiger partial charge in [0, 0.05) is 18.7 Å². The van der Waals surface area contributed by atoms with E-state index >= 15 is 0 Å². The molecule has 1 aliphatic rings. The van der Waals surface area contributed by atoms with Crippen LogP contribution in [0.4, 0.5) is 0 Å². The fourth-order valence-corrected chi connectivity index (χ4v) is 3.27. The van der Waals surface area contributed by atoms with Gasteiger partial charge < -0.3 is 15.4 Å². The molecule has 1 saturated heterocycles. The summed E-state index contributed by atoms with van der Waals surface area (Å²) in [6, 6.07) is 15.1. The van der Waals surface area contributed by atoms with E-state index in [0.717, 1.165) is 42.6 Å². The molecule has 142 valence electrons. The minimum absolute atomic E-state index is 0.107. The Balaban J connectivity index is 1.73. The van der Waals surface area contributed by atoms with Gasteiger partial charge in [-0.15, -0.1) is 0 Å². The second-order valence-corrected chi connectivity index (χ2v) is 6.97. The Labute approximate surface area is 160 Å². The van der Waals surface area contributed by atoms with Crippen LogP contribution in [0.2, 0.25) is 0 Å². The van der Waals surface area contributed by atoms with Gasteiger partial charge in [-0.1, -0.05) is 37.1 Å². The molecule has 1 aliphatic heterocycles. The van der Waals surface area contributed by atoms with Crippen molar-refractivity contribution < 1.29 is 14.3 Å². The number of carbonyl (C=O) groups is 2. The molecule has 1 heterocycles. The summed E-state index contributed by atoms with van der Waals surface area (Å²) in [4.78, 5) is 25.8. The van der Waals surface area contributed by atoms with E-state index in [1.54, 1.807) is 13.0 Å². The van der Waals surface area contributed by atoms with Crippen LogP contribution in [-0.2, 0) is 4.79 Å². The number of hydrogen-bond acceptors (Lipinski definition) is 3. The molecular formula is C22H26N2O3. The van der Waals surface area contributed by atoms with Gasteiger partial charge in [0.15, 0.2) is 6.10 Å². The molecule has 2 N–H and O–H groups in total. The quantitative estimate of drug-likeness (QED) is 0.878. The summed E-state index contributed by atoms with van der Waals surface area (Å²) in [6.07, 6.45) is 3.89. The number of hydrogen-bond donors (Lipinski definition) is 1. The molecule has 0 bridgehead atoms. The van der Waals surface area contributed by atoms with Crippen LogP contribution < -0.4 is 10.5 Å². The number of nitrogens with zero attached hydrogens (tertiary/aromatic N) is 1. The molecule has 27 heavy (non-hydrogen) atoms. The molecule has 5 heteroatoms. The average Bonchev–Trinajstić information content (AvgIpc) is 2.97. The smallest absolute Gasteiger partial charge is 0.258 e. The van der Waals surface area contributed by atoms with Crippen molar-refractivity contribution in [3.8, 4) is 16.9 Å². The van der Waals surface area contributed by atoms with Crippen molar-refractivity contribution in [2.45, 2.75) is 38.7 Å². The van der Waals surface area contributed by atoms with Crippen LogP contribution in [0.5, 0.6) is 5.75 Å². The fraction of sp³-hybridized carbons (Fsp3) is 0.364. The second-order valence-electron chi connectivity index (χ2n) is 6.97. The Hall–Kier alpha value is -2.82. The predicted octanol–water partition coefficient (Wildman–Crippen LogP) is 3.62. The molecule has 0 radical (unpaired) electrons. The number of ether oxygens (including phenoxy) is 1. The lowest BCUT2D eigenvalue weighted by Gasteiger charge is -2.20. The van der Waals surface area contributed by atoms with Crippen molar-refractivity contribution in [1.82, 2.24) is 4.90 Å². The van der Waals surface area contributed by atoms with Gasteiger partial charge in [0.2, 0.25) is 0 Å². The normalized spacial score (nSPS) is 15.7. The summed E-state index contributed by atoms with van der Waals surface area (Å²) < 4.78 is 5.56. The first-order valence-electron chi connectivity index (χ1n) is 9.50. The molecule has 0 spiro atoms. The van der Waals surface area contributed by atoms with E-state index in [9.17, 15) is 9.59 Å². The number of amides is 2. The van der Waals surface area contributed by atoms with E-state index in [2.05, 4.69) is 0 Å². The Bertz CT molecular complexity index is 793. The molecule has 0 aliphatic carbocycles. The van der Waals surface area contributed by atoms with Gasteiger partial charge in [0.25, 0.3) is 11.8 Å². The maximum atomic E-state index is 12.7. The highest BCUT2D eigenvalue weighted by Crippen LogP contribution is 2.25. The van der Waals surface area contributed by atoms with Gasteiger partial charge in [-0.3, -0.25) is 9.59 Å². The molecule has 1 fully saturated rings. The monoisotopic (exact) mass is 366 g/mol. The number of benzene rings is 2. The minimum atomic E-state index is -0.686. The van der Waals surface area contributed by atoms with Gasteiger partial charge in [-0.2, -0.15) is 0 Å².